The number of hydrogen-bond acceptors (Lipinski definition) is 3. The van der Waals surface area contributed by atoms with E-state index < -0.39 is 0 Å². The van der Waals surface area contributed by atoms with Gasteiger partial charge in [-0.05, 0) is 24.5 Å². The van der Waals surface area contributed by atoms with Gasteiger partial charge in [0.2, 0.25) is 0 Å². The van der Waals surface area contributed by atoms with E-state index >= 15 is 0 Å². The first-order chi connectivity index (χ1) is 9.72. The Balaban J connectivity index is 1.55. The van der Waals surface area contributed by atoms with Gasteiger partial charge in [0.25, 0.3) is 5.91 Å². The molecule has 0 aromatic carbocycles. The normalized spacial score (nSPS) is 17.6. The molecule has 3 rings (SSSR count). The predicted octanol–water partition coefficient (Wildman–Crippen LogP) is 1.92. The smallest absolute Gasteiger partial charge is 0.269 e. The lowest BCUT2D eigenvalue weighted by atomic mass is 9.98. The summed E-state index contributed by atoms with van der Waals surface area (Å²) < 4.78 is 2.17. The molecule has 1 amide bonds. The highest BCUT2D eigenvalue weighted by molar-refractivity contribution is 6.30. The summed E-state index contributed by atoms with van der Waals surface area (Å²) in [4.78, 5) is 20.3. The molecular weight excluding hydrogens is 276 g/mol. The van der Waals surface area contributed by atoms with Crippen LogP contribution in [0.25, 0.3) is 0 Å². The molecule has 0 fully saturated rings. The molecule has 1 atom stereocenters. The molecule has 1 unspecified atom stereocenters. The second-order valence-corrected chi connectivity index (χ2v) is 5.40. The first kappa shape index (κ1) is 13.1. The van der Waals surface area contributed by atoms with Crippen molar-refractivity contribution in [3.05, 3.63) is 47.3 Å². The summed E-state index contributed by atoms with van der Waals surface area (Å²) in [5.74, 6) is 1.37. The molecule has 0 spiro atoms. The van der Waals surface area contributed by atoms with Crippen LogP contribution < -0.4 is 5.32 Å². The molecule has 2 aromatic heterocycles. The molecule has 1 aliphatic rings. The third kappa shape index (κ3) is 2.82. The zero-order valence-corrected chi connectivity index (χ0v) is 11.7. The molecular formula is C14H15ClN4O. The van der Waals surface area contributed by atoms with Crippen LogP contribution in [0.4, 0.5) is 0 Å². The van der Waals surface area contributed by atoms with Crippen LogP contribution in [0.15, 0.2) is 30.7 Å². The van der Waals surface area contributed by atoms with E-state index in [0.29, 0.717) is 23.2 Å². The second kappa shape index (κ2) is 5.63. The fourth-order valence-corrected chi connectivity index (χ4v) is 2.54. The van der Waals surface area contributed by atoms with Gasteiger partial charge in [-0.3, -0.25) is 4.79 Å². The molecule has 0 saturated carbocycles. The Labute approximate surface area is 122 Å². The van der Waals surface area contributed by atoms with Crippen LogP contribution >= 0.6 is 11.6 Å². The number of pyridine rings is 1. The monoisotopic (exact) mass is 290 g/mol. The predicted molar refractivity (Wildman–Crippen MR) is 75.6 cm³/mol. The highest BCUT2D eigenvalue weighted by Gasteiger charge is 2.20. The average molecular weight is 291 g/mol. The summed E-state index contributed by atoms with van der Waals surface area (Å²) >= 11 is 5.75. The van der Waals surface area contributed by atoms with Gasteiger partial charge in [0, 0.05) is 38.1 Å². The van der Waals surface area contributed by atoms with Gasteiger partial charge in [0.05, 0.1) is 5.02 Å². The number of halogens is 1. The summed E-state index contributed by atoms with van der Waals surface area (Å²) in [6, 6.07) is 3.30. The van der Waals surface area contributed by atoms with Crippen LogP contribution in [-0.2, 0) is 13.0 Å². The number of amides is 1. The van der Waals surface area contributed by atoms with E-state index in [2.05, 4.69) is 19.9 Å². The Kier molecular flexibility index (Phi) is 3.69. The van der Waals surface area contributed by atoms with Crippen LogP contribution in [0, 0.1) is 5.92 Å². The topological polar surface area (TPSA) is 59.8 Å². The van der Waals surface area contributed by atoms with Gasteiger partial charge in [-0.15, -0.1) is 0 Å². The SMILES string of the molecule is O=C(NCC1CCn2ccnc2C1)c1ccc(Cl)cn1. The number of fused-ring (bicyclic) bond motifs is 1. The maximum atomic E-state index is 12.0. The van der Waals surface area contributed by atoms with E-state index in [9.17, 15) is 4.79 Å². The fourth-order valence-electron chi connectivity index (χ4n) is 2.43. The summed E-state index contributed by atoms with van der Waals surface area (Å²) in [7, 11) is 0. The van der Waals surface area contributed by atoms with Gasteiger partial charge in [-0.1, -0.05) is 11.6 Å². The first-order valence-electron chi connectivity index (χ1n) is 6.62. The molecule has 104 valence electrons. The number of nitrogens with zero attached hydrogens (tertiary/aromatic N) is 3. The van der Waals surface area contributed by atoms with Crippen molar-refractivity contribution in [2.45, 2.75) is 19.4 Å². The highest BCUT2D eigenvalue weighted by atomic mass is 35.5. The minimum absolute atomic E-state index is 0.157. The molecule has 0 radical (unpaired) electrons. The Morgan fingerprint density at radius 1 is 1.45 bits per heavy atom. The van der Waals surface area contributed by atoms with Gasteiger partial charge in [-0.2, -0.15) is 0 Å². The molecule has 6 heteroatoms. The number of nitrogens with one attached hydrogen (secondary N) is 1. The van der Waals surface area contributed by atoms with E-state index in [1.807, 2.05) is 12.4 Å². The summed E-state index contributed by atoms with van der Waals surface area (Å²) in [6.45, 7) is 1.62. The average Bonchev–Trinajstić information content (AvgIpc) is 2.93. The number of imidazole rings is 1. The van der Waals surface area contributed by atoms with E-state index in [-0.39, 0.29) is 5.91 Å². The van der Waals surface area contributed by atoms with Crippen molar-refractivity contribution in [2.24, 2.45) is 5.92 Å². The Hall–Kier alpha value is -1.88. The Morgan fingerprint density at radius 3 is 3.15 bits per heavy atom. The zero-order chi connectivity index (χ0) is 13.9. The van der Waals surface area contributed by atoms with E-state index in [1.54, 1.807) is 12.1 Å². The largest absolute Gasteiger partial charge is 0.350 e. The number of rotatable bonds is 3. The summed E-state index contributed by atoms with van der Waals surface area (Å²) in [6.07, 6.45) is 7.27. The number of aromatic nitrogens is 3. The zero-order valence-electron chi connectivity index (χ0n) is 10.9. The third-order valence-corrected chi connectivity index (χ3v) is 3.79. The number of aryl methyl sites for hydroxylation is 1. The lowest BCUT2D eigenvalue weighted by Crippen LogP contribution is -2.33. The number of hydrogen-bond donors (Lipinski definition) is 1. The van der Waals surface area contributed by atoms with Gasteiger partial charge in [0.1, 0.15) is 11.5 Å². The molecule has 20 heavy (non-hydrogen) atoms. The van der Waals surface area contributed by atoms with E-state index in [0.717, 1.165) is 25.2 Å². The van der Waals surface area contributed by atoms with Crippen molar-refractivity contribution in [3.63, 3.8) is 0 Å². The molecule has 1 N–H and O–H groups in total. The van der Waals surface area contributed by atoms with Crippen LogP contribution in [0.2, 0.25) is 5.02 Å². The van der Waals surface area contributed by atoms with Crippen molar-refractivity contribution in [1.82, 2.24) is 19.9 Å². The summed E-state index contributed by atoms with van der Waals surface area (Å²) in [5.41, 5.74) is 0.395. The third-order valence-electron chi connectivity index (χ3n) is 3.56. The Bertz CT molecular complexity index is 608. The minimum Gasteiger partial charge on any atom is -0.350 e. The molecule has 0 bridgehead atoms. The fraction of sp³-hybridized carbons (Fsp3) is 0.357. The van der Waals surface area contributed by atoms with Crippen molar-refractivity contribution in [2.75, 3.05) is 6.54 Å². The number of carbonyl (C=O) groups is 1. The van der Waals surface area contributed by atoms with Crippen molar-refractivity contribution in [1.29, 1.82) is 0 Å². The van der Waals surface area contributed by atoms with Crippen LogP contribution in [-0.4, -0.2) is 27.0 Å². The van der Waals surface area contributed by atoms with Crippen molar-refractivity contribution in [3.8, 4) is 0 Å². The van der Waals surface area contributed by atoms with Crippen LogP contribution in [0.1, 0.15) is 22.7 Å². The minimum atomic E-state index is -0.157. The lowest BCUT2D eigenvalue weighted by molar-refractivity contribution is 0.0939. The van der Waals surface area contributed by atoms with E-state index in [4.69, 9.17) is 11.6 Å². The Morgan fingerprint density at radius 2 is 2.35 bits per heavy atom. The maximum Gasteiger partial charge on any atom is 0.269 e. The quantitative estimate of drug-likeness (QED) is 0.939. The molecule has 0 saturated heterocycles. The van der Waals surface area contributed by atoms with Crippen LogP contribution in [0.5, 0.6) is 0 Å². The molecule has 2 aromatic rings. The van der Waals surface area contributed by atoms with Gasteiger partial charge >= 0.3 is 0 Å². The van der Waals surface area contributed by atoms with Crippen LogP contribution in [0.3, 0.4) is 0 Å². The molecule has 0 aliphatic carbocycles. The molecule has 1 aliphatic heterocycles. The van der Waals surface area contributed by atoms with Crippen molar-refractivity contribution >= 4 is 17.5 Å². The highest BCUT2D eigenvalue weighted by Crippen LogP contribution is 2.18. The molecule has 5 nitrogen and oxygen atoms in total. The van der Waals surface area contributed by atoms with Gasteiger partial charge < -0.3 is 9.88 Å². The van der Waals surface area contributed by atoms with Crippen molar-refractivity contribution < 1.29 is 4.79 Å². The first-order valence-corrected chi connectivity index (χ1v) is 7.00. The summed E-state index contributed by atoms with van der Waals surface area (Å²) in [5, 5.41) is 3.46. The van der Waals surface area contributed by atoms with Gasteiger partial charge in [-0.25, -0.2) is 9.97 Å². The molecule has 3 heterocycles. The van der Waals surface area contributed by atoms with Gasteiger partial charge in [0.15, 0.2) is 0 Å². The lowest BCUT2D eigenvalue weighted by Gasteiger charge is -2.23. The standard InChI is InChI=1S/C14H15ClN4O/c15-11-1-2-12(17-9-11)14(20)18-8-10-3-5-19-6-4-16-13(19)7-10/h1-2,4,6,9-10H,3,5,7-8H2,(H,18,20). The number of carbonyl (C=O) groups excluding carboxylic acids is 1. The maximum absolute atomic E-state index is 12.0. The van der Waals surface area contributed by atoms with E-state index in [1.165, 1.54) is 6.20 Å². The second-order valence-electron chi connectivity index (χ2n) is 4.97.